The van der Waals surface area contributed by atoms with Crippen molar-refractivity contribution in [2.45, 2.75) is 93.3 Å². The number of nitrogens with one attached hydrogen (secondary N) is 8. The molecule has 424 valence electrons. The van der Waals surface area contributed by atoms with Crippen LogP contribution in [0.2, 0.25) is 0 Å². The van der Waals surface area contributed by atoms with Crippen molar-refractivity contribution in [2.75, 3.05) is 24.7 Å². The van der Waals surface area contributed by atoms with Crippen LogP contribution >= 0.6 is 25.3 Å². The minimum Gasteiger partial charge on any atom is -0.508 e. The van der Waals surface area contributed by atoms with Crippen molar-refractivity contribution >= 4 is 94.2 Å². The third kappa shape index (κ3) is 17.5. The summed E-state index contributed by atoms with van der Waals surface area (Å²) in [5.74, 6) is -7.14. The highest BCUT2D eigenvalue weighted by Crippen LogP contribution is 2.22. The zero-order valence-electron chi connectivity index (χ0n) is 43.8. The van der Waals surface area contributed by atoms with Gasteiger partial charge in [0.05, 0.1) is 12.6 Å². The number of fused-ring (bicyclic) bond motifs is 2. The molecule has 0 saturated carbocycles. The summed E-state index contributed by atoms with van der Waals surface area (Å²) in [7, 11) is 0. The van der Waals surface area contributed by atoms with E-state index in [-0.39, 0.29) is 55.9 Å². The van der Waals surface area contributed by atoms with E-state index in [4.69, 9.17) is 17.2 Å². The van der Waals surface area contributed by atoms with Gasteiger partial charge in [-0.05, 0) is 83.5 Å². The van der Waals surface area contributed by atoms with Crippen LogP contribution in [0.4, 0.5) is 0 Å². The molecule has 6 rings (SSSR count). The van der Waals surface area contributed by atoms with Gasteiger partial charge in [0, 0.05) is 47.9 Å². The molecular weight excluding hydrogens is 1060 g/mol. The molecule has 0 aliphatic carbocycles. The molecule has 5 aromatic carbocycles. The Bertz CT molecular complexity index is 3090. The first-order chi connectivity index (χ1) is 38.5. The standard InChI is InChI=1S/C57H69N11O10S2/c58-24-9-8-19-43(52(73)66-47(30-69)55(76)68-49(32-80)56(77)63-44(50(60)71)27-36-15-10-14-35-13-4-5-16-39(35)36)62-54(75)46(28-37-29-61-42-18-7-6-17-40(37)42)65-53(74)45(26-34-20-22-38(70)23-21-34)64-57(78)48(31-79)67-51(72)41(59)25-33-11-2-1-3-12-33/h1-7,10-18,20-23,29,41,43-49,61,69-70,79-80H,8-9,19,24-28,30-32,58-59H2,(H2,60,71)(H,62,75)(H,63,77)(H,64,78)(H,65,74)(H,66,73)(H,67,72)(H,68,76)/t41-,43+,44+,45+,46-,47+,48+,49+/m1/s1. The lowest BCUT2D eigenvalue weighted by molar-refractivity contribution is -0.136. The van der Waals surface area contributed by atoms with Crippen molar-refractivity contribution in [1.29, 1.82) is 0 Å². The number of hydrogen-bond donors (Lipinski definition) is 15. The monoisotopic (exact) mass is 1130 g/mol. The third-order valence-electron chi connectivity index (χ3n) is 13.4. The number of hydrogen-bond acceptors (Lipinski definition) is 14. The number of phenols is 1. The summed E-state index contributed by atoms with van der Waals surface area (Å²) in [5.41, 5.74) is 21.1. The number of unbranched alkanes of at least 4 members (excludes halogenated alkanes) is 1. The predicted molar refractivity (Wildman–Crippen MR) is 310 cm³/mol. The normalized spacial score (nSPS) is 14.2. The topological polar surface area (TPSA) is 355 Å². The van der Waals surface area contributed by atoms with Crippen molar-refractivity contribution in [1.82, 2.24) is 42.2 Å². The molecule has 80 heavy (non-hydrogen) atoms. The summed E-state index contributed by atoms with van der Waals surface area (Å²) in [6.45, 7) is -0.708. The van der Waals surface area contributed by atoms with Gasteiger partial charge >= 0.3 is 0 Å². The Balaban J connectivity index is 1.19. The van der Waals surface area contributed by atoms with Crippen molar-refractivity contribution < 1.29 is 48.6 Å². The average molecular weight is 1130 g/mol. The van der Waals surface area contributed by atoms with E-state index in [0.29, 0.717) is 24.0 Å². The first kappa shape index (κ1) is 61.3. The number of carbonyl (C=O) groups excluding carboxylic acids is 8. The Labute approximate surface area is 473 Å². The summed E-state index contributed by atoms with van der Waals surface area (Å²) < 4.78 is 0. The van der Waals surface area contributed by atoms with E-state index >= 15 is 0 Å². The van der Waals surface area contributed by atoms with Crippen LogP contribution < -0.4 is 54.4 Å². The van der Waals surface area contributed by atoms with Crippen LogP contribution in [0.5, 0.6) is 5.75 Å². The molecule has 0 spiro atoms. The van der Waals surface area contributed by atoms with Gasteiger partial charge in [-0.2, -0.15) is 25.3 Å². The maximum atomic E-state index is 14.7. The summed E-state index contributed by atoms with van der Waals surface area (Å²) >= 11 is 8.57. The number of aliphatic hydroxyl groups excluding tert-OH is 1. The molecule has 0 fully saturated rings. The first-order valence-corrected chi connectivity index (χ1v) is 27.3. The largest absolute Gasteiger partial charge is 0.508 e. The number of para-hydroxylation sites is 1. The van der Waals surface area contributed by atoms with E-state index in [2.05, 4.69) is 67.5 Å². The van der Waals surface area contributed by atoms with Crippen molar-refractivity contribution in [3.05, 3.63) is 150 Å². The third-order valence-corrected chi connectivity index (χ3v) is 14.1. The number of H-pyrrole nitrogens is 1. The van der Waals surface area contributed by atoms with Crippen LogP contribution in [0, 0.1) is 0 Å². The SMILES string of the molecule is NCCCC[C@H](NC(=O)[C@@H](Cc1c[nH]c2ccccc12)NC(=O)[C@H](Cc1ccc(O)cc1)NC(=O)[C@H](CS)NC(=O)[C@H](N)Cc1ccccc1)C(=O)N[C@@H](CO)C(=O)N[C@@H](CS)C(=O)N[C@@H](Cc1cccc2ccccc12)C(N)=O. The zero-order chi connectivity index (χ0) is 57.7. The van der Waals surface area contributed by atoms with E-state index in [1.165, 1.54) is 12.1 Å². The summed E-state index contributed by atoms with van der Waals surface area (Å²) in [6, 6.07) is 24.5. The van der Waals surface area contributed by atoms with Gasteiger partial charge in [0.2, 0.25) is 47.3 Å². The molecule has 0 unspecified atom stereocenters. The number of phenolic OH excluding ortho intramolecular Hbond substituents is 1. The number of amides is 8. The lowest BCUT2D eigenvalue weighted by Gasteiger charge is -2.27. The molecule has 0 bridgehead atoms. The van der Waals surface area contributed by atoms with Crippen molar-refractivity contribution in [3.8, 4) is 5.75 Å². The predicted octanol–water partition coefficient (Wildman–Crippen LogP) is 0.484. The highest BCUT2D eigenvalue weighted by atomic mass is 32.1. The molecule has 0 aliphatic heterocycles. The van der Waals surface area contributed by atoms with Crippen LogP contribution in [-0.4, -0.2) is 135 Å². The number of aliphatic hydroxyl groups is 1. The number of benzene rings is 5. The average Bonchev–Trinajstić information content (AvgIpc) is 3.87. The summed E-state index contributed by atoms with van der Waals surface area (Å²) in [5, 5.41) is 41.3. The Hall–Kier alpha value is -7.96. The quantitative estimate of drug-likeness (QED) is 0.0217. The Kier molecular flexibility index (Phi) is 23.3. The van der Waals surface area contributed by atoms with Gasteiger partial charge in [-0.3, -0.25) is 38.4 Å². The van der Waals surface area contributed by atoms with Crippen LogP contribution in [0.25, 0.3) is 21.7 Å². The first-order valence-electron chi connectivity index (χ1n) is 26.1. The second kappa shape index (κ2) is 30.4. The Morgan fingerprint density at radius 1 is 0.487 bits per heavy atom. The number of primary amides is 1. The molecule has 8 atom stereocenters. The Morgan fingerprint density at radius 3 is 1.61 bits per heavy atom. The molecule has 8 amide bonds. The summed E-state index contributed by atoms with van der Waals surface area (Å²) in [6.07, 6.45) is 2.32. The van der Waals surface area contributed by atoms with Gasteiger partial charge in [-0.15, -0.1) is 0 Å². The van der Waals surface area contributed by atoms with Gasteiger partial charge in [0.1, 0.15) is 48.0 Å². The van der Waals surface area contributed by atoms with Crippen LogP contribution in [0.1, 0.15) is 41.5 Å². The van der Waals surface area contributed by atoms with Gasteiger partial charge in [0.15, 0.2) is 0 Å². The minimum atomic E-state index is -1.66. The minimum absolute atomic E-state index is 0.0133. The number of aromatic amines is 1. The molecule has 0 aliphatic rings. The van der Waals surface area contributed by atoms with Gasteiger partial charge in [-0.25, -0.2) is 0 Å². The number of thiol groups is 2. The zero-order valence-corrected chi connectivity index (χ0v) is 45.6. The highest BCUT2D eigenvalue weighted by molar-refractivity contribution is 7.80. The van der Waals surface area contributed by atoms with Crippen LogP contribution in [0.3, 0.4) is 0 Å². The highest BCUT2D eigenvalue weighted by Gasteiger charge is 2.35. The fourth-order valence-electron chi connectivity index (χ4n) is 8.94. The Morgan fingerprint density at radius 2 is 0.975 bits per heavy atom. The van der Waals surface area contributed by atoms with Gasteiger partial charge in [-0.1, -0.05) is 103 Å². The van der Waals surface area contributed by atoms with E-state index in [9.17, 15) is 48.6 Å². The second-order valence-electron chi connectivity index (χ2n) is 19.2. The lowest BCUT2D eigenvalue weighted by atomic mass is 9.98. The van der Waals surface area contributed by atoms with E-state index in [0.717, 1.165) is 32.8 Å². The van der Waals surface area contributed by atoms with E-state index in [1.54, 1.807) is 42.6 Å². The molecule has 0 saturated heterocycles. The number of rotatable bonds is 30. The van der Waals surface area contributed by atoms with Gasteiger partial charge < -0.3 is 69.6 Å². The maximum Gasteiger partial charge on any atom is 0.245 e. The molecule has 6 aromatic rings. The lowest BCUT2D eigenvalue weighted by Crippen LogP contribution is -2.61. The summed E-state index contributed by atoms with van der Waals surface area (Å²) in [4.78, 5) is 114. The van der Waals surface area contributed by atoms with Crippen LogP contribution in [-0.2, 0) is 64.0 Å². The number of aromatic nitrogens is 1. The van der Waals surface area contributed by atoms with E-state index in [1.807, 2.05) is 72.8 Å². The van der Waals surface area contributed by atoms with E-state index < -0.39 is 102 Å². The maximum absolute atomic E-state index is 14.7. The molecule has 16 N–H and O–H groups in total. The van der Waals surface area contributed by atoms with Gasteiger partial charge in [0.25, 0.3) is 0 Å². The molecule has 1 heterocycles. The number of aromatic hydroxyl groups is 1. The second-order valence-corrected chi connectivity index (χ2v) is 20.0. The molecule has 21 nitrogen and oxygen atoms in total. The molecule has 1 aromatic heterocycles. The number of nitrogens with two attached hydrogens (primary N) is 3. The smallest absolute Gasteiger partial charge is 0.245 e. The molecule has 0 radical (unpaired) electrons. The fourth-order valence-corrected chi connectivity index (χ4v) is 9.45. The molecular formula is C57H69N11O10S2. The fraction of sp³-hybridized carbons (Fsp3) is 0.333. The van der Waals surface area contributed by atoms with Crippen LogP contribution in [0.15, 0.2) is 128 Å². The number of carbonyl (C=O) groups is 8. The molecule has 23 heteroatoms. The van der Waals surface area contributed by atoms with Crippen molar-refractivity contribution in [3.63, 3.8) is 0 Å². The van der Waals surface area contributed by atoms with Crippen molar-refractivity contribution in [2.24, 2.45) is 17.2 Å².